The fourth-order valence-electron chi connectivity index (χ4n) is 2.68. The van der Waals surface area contributed by atoms with Crippen LogP contribution in [-0.2, 0) is 7.05 Å². The third-order valence-corrected chi connectivity index (χ3v) is 4.28. The predicted octanol–water partition coefficient (Wildman–Crippen LogP) is 3.32. The van der Waals surface area contributed by atoms with Gasteiger partial charge >= 0.3 is 0 Å². The standard InChI is InChI=1S/C15H18BrN3/c1-19-15(11-4-6-13(16)7-5-11)9-14(18-19)12-3-2-8-17-10-12/h4-7,9,12,17H,2-3,8,10H2,1H3. The second-order valence-corrected chi connectivity index (χ2v) is 6.04. The van der Waals surface area contributed by atoms with Crippen molar-refractivity contribution in [3.63, 3.8) is 0 Å². The molecule has 0 saturated carbocycles. The van der Waals surface area contributed by atoms with E-state index in [1.165, 1.54) is 29.8 Å². The van der Waals surface area contributed by atoms with Gasteiger partial charge in [-0.2, -0.15) is 5.10 Å². The molecule has 19 heavy (non-hydrogen) atoms. The molecule has 3 nitrogen and oxygen atoms in total. The van der Waals surface area contributed by atoms with Crippen LogP contribution in [0.15, 0.2) is 34.8 Å². The van der Waals surface area contributed by atoms with Crippen molar-refractivity contribution in [1.82, 2.24) is 15.1 Å². The van der Waals surface area contributed by atoms with Crippen LogP contribution >= 0.6 is 15.9 Å². The maximum Gasteiger partial charge on any atom is 0.0681 e. The fourth-order valence-corrected chi connectivity index (χ4v) is 2.95. The van der Waals surface area contributed by atoms with E-state index in [4.69, 9.17) is 5.10 Å². The molecule has 1 fully saturated rings. The van der Waals surface area contributed by atoms with Crippen LogP contribution in [0.1, 0.15) is 24.5 Å². The van der Waals surface area contributed by atoms with Crippen LogP contribution < -0.4 is 5.32 Å². The summed E-state index contributed by atoms with van der Waals surface area (Å²) in [6.45, 7) is 2.19. The SMILES string of the molecule is Cn1nc(C2CCCNC2)cc1-c1ccc(Br)cc1. The molecule has 3 rings (SSSR count). The van der Waals surface area contributed by atoms with Crippen LogP contribution in [0, 0.1) is 0 Å². The lowest BCUT2D eigenvalue weighted by Gasteiger charge is -2.20. The van der Waals surface area contributed by atoms with E-state index in [9.17, 15) is 0 Å². The molecule has 1 atom stereocenters. The smallest absolute Gasteiger partial charge is 0.0681 e. The van der Waals surface area contributed by atoms with Gasteiger partial charge in [-0.1, -0.05) is 28.1 Å². The zero-order valence-electron chi connectivity index (χ0n) is 11.1. The maximum absolute atomic E-state index is 4.70. The average Bonchev–Trinajstić information content (AvgIpc) is 2.83. The number of piperidine rings is 1. The monoisotopic (exact) mass is 319 g/mol. The summed E-state index contributed by atoms with van der Waals surface area (Å²) in [5.41, 5.74) is 3.62. The molecule has 1 aromatic heterocycles. The maximum atomic E-state index is 4.70. The molecule has 1 aliphatic rings. The Bertz CT molecular complexity index is 553. The second kappa shape index (κ2) is 5.47. The normalized spacial score (nSPS) is 19.6. The number of aryl methyl sites for hydroxylation is 1. The summed E-state index contributed by atoms with van der Waals surface area (Å²) in [5.74, 6) is 0.559. The van der Waals surface area contributed by atoms with Gasteiger partial charge in [0.2, 0.25) is 0 Å². The van der Waals surface area contributed by atoms with Gasteiger partial charge in [0, 0.05) is 24.0 Å². The molecule has 1 aliphatic heterocycles. The van der Waals surface area contributed by atoms with Crippen LogP contribution in [0.4, 0.5) is 0 Å². The van der Waals surface area contributed by atoms with Crippen molar-refractivity contribution in [3.05, 3.63) is 40.5 Å². The van der Waals surface area contributed by atoms with Gasteiger partial charge in [0.1, 0.15) is 0 Å². The van der Waals surface area contributed by atoms with Gasteiger partial charge in [-0.3, -0.25) is 4.68 Å². The van der Waals surface area contributed by atoms with Crippen molar-refractivity contribution in [2.75, 3.05) is 13.1 Å². The highest BCUT2D eigenvalue weighted by atomic mass is 79.9. The molecule has 1 aromatic carbocycles. The van der Waals surface area contributed by atoms with Crippen LogP contribution in [0.5, 0.6) is 0 Å². The minimum atomic E-state index is 0.559. The number of hydrogen-bond acceptors (Lipinski definition) is 2. The Balaban J connectivity index is 1.90. The van der Waals surface area contributed by atoms with Gasteiger partial charge in [-0.05, 0) is 43.1 Å². The molecule has 0 bridgehead atoms. The predicted molar refractivity (Wildman–Crippen MR) is 81.2 cm³/mol. The topological polar surface area (TPSA) is 29.9 Å². The van der Waals surface area contributed by atoms with E-state index in [-0.39, 0.29) is 0 Å². The van der Waals surface area contributed by atoms with Crippen molar-refractivity contribution in [2.45, 2.75) is 18.8 Å². The summed E-state index contributed by atoms with van der Waals surface area (Å²) in [4.78, 5) is 0. The summed E-state index contributed by atoms with van der Waals surface area (Å²) < 4.78 is 3.10. The summed E-state index contributed by atoms with van der Waals surface area (Å²) in [5, 5.41) is 8.15. The largest absolute Gasteiger partial charge is 0.316 e. The van der Waals surface area contributed by atoms with E-state index in [1.807, 2.05) is 11.7 Å². The Kier molecular flexibility index (Phi) is 3.71. The molecule has 4 heteroatoms. The van der Waals surface area contributed by atoms with Crippen LogP contribution in [0.2, 0.25) is 0 Å². The summed E-state index contributed by atoms with van der Waals surface area (Å²) >= 11 is 3.47. The van der Waals surface area contributed by atoms with Crippen LogP contribution in [0.3, 0.4) is 0 Å². The van der Waals surface area contributed by atoms with Crippen LogP contribution in [-0.4, -0.2) is 22.9 Å². The number of nitrogens with zero attached hydrogens (tertiary/aromatic N) is 2. The van der Waals surface area contributed by atoms with Gasteiger partial charge in [-0.25, -0.2) is 0 Å². The lowest BCUT2D eigenvalue weighted by Crippen LogP contribution is -2.28. The zero-order chi connectivity index (χ0) is 13.2. The lowest BCUT2D eigenvalue weighted by molar-refractivity contribution is 0.451. The molecular weight excluding hydrogens is 302 g/mol. The Hall–Kier alpha value is -1.13. The van der Waals surface area contributed by atoms with E-state index in [0.29, 0.717) is 5.92 Å². The Morgan fingerprint density at radius 3 is 2.79 bits per heavy atom. The number of hydrogen-bond donors (Lipinski definition) is 1. The lowest BCUT2D eigenvalue weighted by atomic mass is 9.96. The summed E-state index contributed by atoms with van der Waals surface area (Å²) in [7, 11) is 2.02. The van der Waals surface area contributed by atoms with Crippen molar-refractivity contribution < 1.29 is 0 Å². The number of halogens is 1. The number of aromatic nitrogens is 2. The molecule has 1 unspecified atom stereocenters. The van der Waals surface area contributed by atoms with Crippen molar-refractivity contribution in [3.8, 4) is 11.3 Å². The minimum absolute atomic E-state index is 0.559. The van der Waals surface area contributed by atoms with Crippen LogP contribution in [0.25, 0.3) is 11.3 Å². The van der Waals surface area contributed by atoms with Gasteiger partial charge in [-0.15, -0.1) is 0 Å². The first kappa shape index (κ1) is 12.9. The third-order valence-electron chi connectivity index (χ3n) is 3.75. The molecule has 0 spiro atoms. The molecule has 0 amide bonds. The summed E-state index contributed by atoms with van der Waals surface area (Å²) in [6.07, 6.45) is 2.48. The first-order chi connectivity index (χ1) is 9.24. The first-order valence-electron chi connectivity index (χ1n) is 6.74. The molecule has 1 saturated heterocycles. The zero-order valence-corrected chi connectivity index (χ0v) is 12.7. The minimum Gasteiger partial charge on any atom is -0.316 e. The Morgan fingerprint density at radius 2 is 2.11 bits per heavy atom. The van der Waals surface area contributed by atoms with Gasteiger partial charge < -0.3 is 5.32 Å². The van der Waals surface area contributed by atoms with Gasteiger partial charge in [0.05, 0.1) is 11.4 Å². The van der Waals surface area contributed by atoms with Crippen molar-refractivity contribution in [2.24, 2.45) is 7.05 Å². The average molecular weight is 320 g/mol. The van der Waals surface area contributed by atoms with E-state index in [1.54, 1.807) is 0 Å². The van der Waals surface area contributed by atoms with Crippen molar-refractivity contribution in [1.29, 1.82) is 0 Å². The van der Waals surface area contributed by atoms with E-state index in [2.05, 4.69) is 51.6 Å². The Labute approximate surface area is 122 Å². The molecule has 0 radical (unpaired) electrons. The third kappa shape index (κ3) is 2.74. The highest BCUT2D eigenvalue weighted by Gasteiger charge is 2.19. The molecular formula is C15H18BrN3. The molecule has 2 heterocycles. The van der Waals surface area contributed by atoms with Crippen molar-refractivity contribution >= 4 is 15.9 Å². The van der Waals surface area contributed by atoms with Gasteiger partial charge in [0.25, 0.3) is 0 Å². The molecule has 1 N–H and O–H groups in total. The summed E-state index contributed by atoms with van der Waals surface area (Å²) in [6, 6.07) is 10.6. The number of benzene rings is 1. The van der Waals surface area contributed by atoms with Gasteiger partial charge in [0.15, 0.2) is 0 Å². The molecule has 0 aliphatic carbocycles. The molecule has 2 aromatic rings. The first-order valence-corrected chi connectivity index (χ1v) is 7.54. The Morgan fingerprint density at radius 1 is 1.32 bits per heavy atom. The second-order valence-electron chi connectivity index (χ2n) is 5.13. The fraction of sp³-hybridized carbons (Fsp3) is 0.400. The van der Waals surface area contributed by atoms with E-state index in [0.717, 1.165) is 17.6 Å². The number of nitrogens with one attached hydrogen (secondary N) is 1. The van der Waals surface area contributed by atoms with E-state index >= 15 is 0 Å². The highest BCUT2D eigenvalue weighted by Crippen LogP contribution is 2.27. The van der Waals surface area contributed by atoms with E-state index < -0.39 is 0 Å². The molecule has 100 valence electrons. The quantitative estimate of drug-likeness (QED) is 0.920. The highest BCUT2D eigenvalue weighted by molar-refractivity contribution is 9.10. The number of rotatable bonds is 2.